The van der Waals surface area contributed by atoms with Gasteiger partial charge >= 0.3 is 5.97 Å². The highest BCUT2D eigenvalue weighted by Crippen LogP contribution is 2.42. The number of carbonyl (C=O) groups excluding carboxylic acids is 1. The van der Waals surface area contributed by atoms with Crippen molar-refractivity contribution in [2.75, 3.05) is 18.4 Å². The molecule has 6 aromatic carbocycles. The molecule has 62 heavy (non-hydrogen) atoms. The van der Waals surface area contributed by atoms with Crippen molar-refractivity contribution in [2.45, 2.75) is 36.4 Å². The zero-order valence-electron chi connectivity index (χ0n) is 33.9. The van der Waals surface area contributed by atoms with Crippen LogP contribution in [-0.4, -0.2) is 63.9 Å². The van der Waals surface area contributed by atoms with Crippen molar-refractivity contribution in [2.24, 2.45) is 0 Å². The van der Waals surface area contributed by atoms with Gasteiger partial charge in [-0.25, -0.2) is 13.4 Å². The first-order valence-electron chi connectivity index (χ1n) is 20.2. The van der Waals surface area contributed by atoms with Gasteiger partial charge < -0.3 is 15.7 Å². The topological polar surface area (TPSA) is 160 Å². The number of benzene rings is 6. The fourth-order valence-corrected chi connectivity index (χ4v) is 8.99. The van der Waals surface area contributed by atoms with Crippen LogP contribution in [0.2, 0.25) is 0 Å². The van der Waals surface area contributed by atoms with Gasteiger partial charge in [0, 0.05) is 43.0 Å². The summed E-state index contributed by atoms with van der Waals surface area (Å²) in [6, 6.07) is 48.8. The van der Waals surface area contributed by atoms with Gasteiger partial charge in [-0.1, -0.05) is 133 Å². The van der Waals surface area contributed by atoms with Crippen LogP contribution in [0.5, 0.6) is 0 Å². The van der Waals surface area contributed by atoms with E-state index in [4.69, 9.17) is 4.98 Å². The summed E-state index contributed by atoms with van der Waals surface area (Å²) in [7, 11) is -4.22. The van der Waals surface area contributed by atoms with Gasteiger partial charge in [0.25, 0.3) is 5.91 Å². The van der Waals surface area contributed by atoms with Crippen molar-refractivity contribution in [3.8, 4) is 11.1 Å². The molecule has 0 saturated carbocycles. The Labute approximate surface area is 360 Å². The largest absolute Gasteiger partial charge is 0.480 e. The summed E-state index contributed by atoms with van der Waals surface area (Å²) in [6.07, 6.45) is 6.22. The van der Waals surface area contributed by atoms with E-state index in [0.29, 0.717) is 25.5 Å². The average Bonchev–Trinajstić information content (AvgIpc) is 3.95. The number of nitrogens with zero attached hydrogens (tertiary/aromatic N) is 4. The van der Waals surface area contributed by atoms with Crippen molar-refractivity contribution in [3.05, 3.63) is 204 Å². The number of aromatic nitrogens is 4. The monoisotopic (exact) mass is 843 g/mol. The molecule has 0 spiro atoms. The van der Waals surface area contributed by atoms with E-state index < -0.39 is 40.0 Å². The highest BCUT2D eigenvalue weighted by Gasteiger charge is 2.39. The van der Waals surface area contributed by atoms with Crippen LogP contribution in [0.1, 0.15) is 39.0 Å². The normalized spacial score (nSPS) is 12.2. The second kappa shape index (κ2) is 18.1. The number of carboxylic acid groups (broad SMARTS) is 1. The highest BCUT2D eigenvalue weighted by molar-refractivity contribution is 7.89. The van der Waals surface area contributed by atoms with E-state index in [1.54, 1.807) is 36.5 Å². The Morgan fingerprint density at radius 3 is 1.92 bits per heavy atom. The molecule has 4 N–H and O–H groups in total. The number of aliphatic carboxylic acids is 1. The molecular formula is C49H45N7O5S. The Bertz CT molecular complexity index is 2800. The number of hydrogen-bond acceptors (Lipinski definition) is 7. The SMILES string of the molecule is Cc1ccc(-c2ccc(S(=O)(=O)NC(CNC(=O)c3ccc4c(cnn4CCCNc4nccn4C(c4ccccc4)(c4ccccc4)c4ccccc4)c3)C(=O)O)cc2)cc1. The number of aryl methyl sites for hydroxylation is 2. The highest BCUT2D eigenvalue weighted by atomic mass is 32.2. The standard InChI is InChI=1S/C49H45N7O5S/c1-35-18-20-36(21-19-35)37-22-25-43(26-23-37)62(60,61)54-44(47(58)59)34-52-46(57)38-24-27-45-39(32-38)33-53-56(45)30-11-28-50-48-51-29-31-55(48)49(40-12-5-2-6-13-40,41-14-7-3-8-15-41)42-16-9-4-10-17-42/h2-10,12-27,29,31-33,44,54H,11,28,30,34H2,1H3,(H,50,51)(H,52,57)(H,58,59). The van der Waals surface area contributed by atoms with Crippen LogP contribution in [0.15, 0.2) is 181 Å². The maximum atomic E-state index is 13.2. The van der Waals surface area contributed by atoms with Crippen molar-refractivity contribution >= 4 is 38.8 Å². The lowest BCUT2D eigenvalue weighted by Crippen LogP contribution is -2.48. The zero-order chi connectivity index (χ0) is 43.1. The minimum Gasteiger partial charge on any atom is -0.480 e. The lowest BCUT2D eigenvalue weighted by molar-refractivity contribution is -0.138. The first-order valence-corrected chi connectivity index (χ1v) is 21.7. The van der Waals surface area contributed by atoms with E-state index in [0.717, 1.165) is 44.3 Å². The molecule has 8 rings (SSSR count). The van der Waals surface area contributed by atoms with Gasteiger partial charge in [-0.15, -0.1) is 0 Å². The molecule has 2 aromatic heterocycles. The number of anilines is 1. The number of carbonyl (C=O) groups is 2. The molecular weight excluding hydrogens is 799 g/mol. The molecule has 2 heterocycles. The van der Waals surface area contributed by atoms with Crippen molar-refractivity contribution in [3.63, 3.8) is 0 Å². The first-order chi connectivity index (χ1) is 30.1. The molecule has 0 bridgehead atoms. The average molecular weight is 844 g/mol. The lowest BCUT2D eigenvalue weighted by Gasteiger charge is -2.38. The molecule has 0 saturated heterocycles. The molecule has 12 nitrogen and oxygen atoms in total. The molecule has 1 unspecified atom stereocenters. The van der Waals surface area contributed by atoms with Crippen LogP contribution < -0.4 is 15.4 Å². The number of hydrogen-bond donors (Lipinski definition) is 4. The molecule has 0 aliphatic heterocycles. The number of sulfonamides is 1. The van der Waals surface area contributed by atoms with Crippen molar-refractivity contribution in [1.82, 2.24) is 29.4 Å². The Hall–Kier alpha value is -7.35. The van der Waals surface area contributed by atoms with Crippen molar-refractivity contribution < 1.29 is 23.1 Å². The number of nitrogens with one attached hydrogen (secondary N) is 3. The number of rotatable bonds is 17. The minimum atomic E-state index is -4.22. The summed E-state index contributed by atoms with van der Waals surface area (Å²) in [5.74, 6) is -1.26. The minimum absolute atomic E-state index is 0.0911. The van der Waals surface area contributed by atoms with Crippen LogP contribution >= 0.6 is 0 Å². The molecule has 8 aromatic rings. The molecule has 0 radical (unpaired) electrons. The third-order valence-corrected chi connectivity index (χ3v) is 12.4. The van der Waals surface area contributed by atoms with E-state index in [2.05, 4.69) is 97.8 Å². The van der Waals surface area contributed by atoms with Gasteiger partial charge in [0.1, 0.15) is 11.6 Å². The predicted molar refractivity (Wildman–Crippen MR) is 240 cm³/mol. The molecule has 0 aliphatic carbocycles. The van der Waals surface area contributed by atoms with Gasteiger partial charge in [-0.05, 0) is 71.5 Å². The molecule has 1 atom stereocenters. The second-order valence-electron chi connectivity index (χ2n) is 15.0. The summed E-state index contributed by atoms with van der Waals surface area (Å²) < 4.78 is 32.6. The van der Waals surface area contributed by atoms with Crippen molar-refractivity contribution in [1.29, 1.82) is 0 Å². The molecule has 312 valence electrons. The third-order valence-electron chi connectivity index (χ3n) is 10.9. The Morgan fingerprint density at radius 2 is 1.34 bits per heavy atom. The van der Waals surface area contributed by atoms with Gasteiger partial charge in [-0.2, -0.15) is 9.82 Å². The van der Waals surface area contributed by atoms with E-state index in [9.17, 15) is 23.1 Å². The lowest BCUT2D eigenvalue weighted by atomic mass is 9.76. The van der Waals surface area contributed by atoms with Crippen LogP contribution in [0.3, 0.4) is 0 Å². The molecule has 1 amide bonds. The van der Waals surface area contributed by atoms with Crippen LogP contribution in [0.25, 0.3) is 22.0 Å². The predicted octanol–water partition coefficient (Wildman–Crippen LogP) is 7.71. The van der Waals surface area contributed by atoms with Gasteiger partial charge in [0.05, 0.1) is 16.6 Å². The van der Waals surface area contributed by atoms with Gasteiger partial charge in [-0.3, -0.25) is 18.8 Å². The van der Waals surface area contributed by atoms with E-state index in [1.165, 1.54) is 12.1 Å². The zero-order valence-corrected chi connectivity index (χ0v) is 34.7. The number of carboxylic acids is 1. The maximum Gasteiger partial charge on any atom is 0.323 e. The number of amides is 1. The third kappa shape index (κ3) is 8.62. The summed E-state index contributed by atoms with van der Waals surface area (Å²) in [5, 5.41) is 21.3. The number of fused-ring (bicyclic) bond motifs is 1. The Morgan fingerprint density at radius 1 is 0.758 bits per heavy atom. The molecule has 13 heteroatoms. The summed E-state index contributed by atoms with van der Waals surface area (Å²) in [4.78, 5) is 30.0. The Kier molecular flexibility index (Phi) is 12.1. The van der Waals surface area contributed by atoms with E-state index in [-0.39, 0.29) is 10.5 Å². The molecule has 0 fully saturated rings. The van der Waals surface area contributed by atoms with Gasteiger partial charge in [0.2, 0.25) is 16.0 Å². The second-order valence-corrected chi connectivity index (χ2v) is 16.7. The van der Waals surface area contributed by atoms with Crippen LogP contribution in [0.4, 0.5) is 5.95 Å². The smallest absolute Gasteiger partial charge is 0.323 e. The van der Waals surface area contributed by atoms with E-state index in [1.807, 2.05) is 66.5 Å². The summed E-state index contributed by atoms with van der Waals surface area (Å²) in [6.45, 7) is 2.69. The number of imidazole rings is 1. The maximum absolute atomic E-state index is 13.2. The summed E-state index contributed by atoms with van der Waals surface area (Å²) in [5.41, 5.74) is 6.53. The first kappa shape index (κ1) is 41.4. The Balaban J connectivity index is 0.907. The van der Waals surface area contributed by atoms with E-state index >= 15 is 0 Å². The van der Waals surface area contributed by atoms with Crippen LogP contribution in [0, 0.1) is 6.92 Å². The quantitative estimate of drug-likeness (QED) is 0.0536. The summed E-state index contributed by atoms with van der Waals surface area (Å²) >= 11 is 0. The van der Waals surface area contributed by atoms with Crippen LogP contribution in [-0.2, 0) is 26.9 Å². The fourth-order valence-electron chi connectivity index (χ4n) is 7.80. The van der Waals surface area contributed by atoms with Gasteiger partial charge in [0.15, 0.2) is 0 Å². The molecule has 0 aliphatic rings. The fraction of sp³-hybridized carbons (Fsp3) is 0.143.